The zero-order valence-corrected chi connectivity index (χ0v) is 13.5. The van der Waals surface area contributed by atoms with Gasteiger partial charge in [-0.3, -0.25) is 0 Å². The molecule has 0 saturated heterocycles. The molecule has 0 spiro atoms. The lowest BCUT2D eigenvalue weighted by Crippen LogP contribution is -2.54. The Balaban J connectivity index is 5.03. The second-order valence-electron chi connectivity index (χ2n) is 6.17. The van der Waals surface area contributed by atoms with Crippen LogP contribution >= 0.6 is 0 Å². The standard InChI is InChI=1S/C14H25F2NO4/c1-7-20-11(18)14(15,16)10(8-9(2)3)17-12(19)21-13(4,5)6/h9-10H,7-8H2,1-6H3,(H,17,19). The van der Waals surface area contributed by atoms with Crippen molar-refractivity contribution < 1.29 is 27.8 Å². The minimum absolute atomic E-state index is 0.0783. The Morgan fingerprint density at radius 3 is 2.10 bits per heavy atom. The van der Waals surface area contributed by atoms with Gasteiger partial charge in [0.1, 0.15) is 11.6 Å². The highest BCUT2D eigenvalue weighted by molar-refractivity contribution is 5.80. The molecule has 1 amide bonds. The Bertz CT molecular complexity index is 364. The van der Waals surface area contributed by atoms with Crippen molar-refractivity contribution in [3.63, 3.8) is 0 Å². The topological polar surface area (TPSA) is 64.6 Å². The molecule has 1 unspecified atom stereocenters. The Morgan fingerprint density at radius 2 is 1.71 bits per heavy atom. The van der Waals surface area contributed by atoms with Crippen molar-refractivity contribution in [2.45, 2.75) is 65.5 Å². The molecule has 1 atom stereocenters. The van der Waals surface area contributed by atoms with Gasteiger partial charge in [0.05, 0.1) is 6.61 Å². The Kier molecular flexibility index (Phi) is 7.06. The Morgan fingerprint density at radius 1 is 1.19 bits per heavy atom. The van der Waals surface area contributed by atoms with Gasteiger partial charge in [0, 0.05) is 0 Å². The number of alkyl halides is 2. The second-order valence-corrected chi connectivity index (χ2v) is 6.17. The summed E-state index contributed by atoms with van der Waals surface area (Å²) >= 11 is 0. The van der Waals surface area contributed by atoms with Crippen molar-refractivity contribution in [3.05, 3.63) is 0 Å². The van der Waals surface area contributed by atoms with E-state index in [9.17, 15) is 18.4 Å². The van der Waals surface area contributed by atoms with Crippen molar-refractivity contribution in [2.24, 2.45) is 5.92 Å². The maximum Gasteiger partial charge on any atom is 0.408 e. The van der Waals surface area contributed by atoms with Crippen LogP contribution in [0.15, 0.2) is 0 Å². The van der Waals surface area contributed by atoms with Crippen LogP contribution in [0.2, 0.25) is 0 Å². The molecule has 0 aliphatic rings. The highest BCUT2D eigenvalue weighted by atomic mass is 19.3. The van der Waals surface area contributed by atoms with Gasteiger partial charge in [0.25, 0.3) is 0 Å². The number of alkyl carbamates (subject to hydrolysis) is 1. The molecule has 0 aliphatic heterocycles. The van der Waals surface area contributed by atoms with Gasteiger partial charge in [-0.1, -0.05) is 13.8 Å². The minimum Gasteiger partial charge on any atom is -0.461 e. The van der Waals surface area contributed by atoms with Gasteiger partial charge in [0.15, 0.2) is 0 Å². The lowest BCUT2D eigenvalue weighted by Gasteiger charge is -2.28. The number of carbonyl (C=O) groups is 2. The predicted molar refractivity (Wildman–Crippen MR) is 74.2 cm³/mol. The normalized spacial score (nSPS) is 13.8. The maximum absolute atomic E-state index is 14.1. The summed E-state index contributed by atoms with van der Waals surface area (Å²) in [4.78, 5) is 23.0. The van der Waals surface area contributed by atoms with E-state index in [-0.39, 0.29) is 18.9 Å². The number of halogens is 2. The van der Waals surface area contributed by atoms with Crippen LogP contribution in [0.5, 0.6) is 0 Å². The van der Waals surface area contributed by atoms with Gasteiger partial charge in [-0.05, 0) is 40.0 Å². The lowest BCUT2D eigenvalue weighted by atomic mass is 9.98. The fourth-order valence-corrected chi connectivity index (χ4v) is 1.59. The van der Waals surface area contributed by atoms with Gasteiger partial charge >= 0.3 is 18.0 Å². The molecule has 124 valence electrons. The fourth-order valence-electron chi connectivity index (χ4n) is 1.59. The summed E-state index contributed by atoms with van der Waals surface area (Å²) in [5.74, 6) is -5.60. The summed E-state index contributed by atoms with van der Waals surface area (Å²) in [6.45, 7) is 9.56. The number of rotatable bonds is 6. The quantitative estimate of drug-likeness (QED) is 0.766. The molecule has 0 rings (SSSR count). The molecule has 0 aromatic rings. The molecule has 1 N–H and O–H groups in total. The first kappa shape index (κ1) is 19.6. The van der Waals surface area contributed by atoms with E-state index in [4.69, 9.17) is 4.74 Å². The molecule has 0 fully saturated rings. The number of hydrogen-bond acceptors (Lipinski definition) is 4. The Labute approximate surface area is 124 Å². The van der Waals surface area contributed by atoms with Crippen molar-refractivity contribution in [2.75, 3.05) is 6.61 Å². The van der Waals surface area contributed by atoms with E-state index in [2.05, 4.69) is 10.1 Å². The third kappa shape index (κ3) is 7.24. The van der Waals surface area contributed by atoms with E-state index in [1.165, 1.54) is 6.92 Å². The zero-order valence-electron chi connectivity index (χ0n) is 13.5. The van der Waals surface area contributed by atoms with Crippen LogP contribution in [0.25, 0.3) is 0 Å². The summed E-state index contributed by atoms with van der Waals surface area (Å²) in [5.41, 5.74) is -0.814. The van der Waals surface area contributed by atoms with E-state index in [0.717, 1.165) is 0 Å². The number of esters is 1. The largest absolute Gasteiger partial charge is 0.461 e. The third-order valence-corrected chi connectivity index (χ3v) is 2.38. The highest BCUT2D eigenvalue weighted by Gasteiger charge is 2.50. The minimum atomic E-state index is -3.81. The first-order valence-electron chi connectivity index (χ1n) is 6.94. The summed E-state index contributed by atoms with van der Waals surface area (Å²) in [6, 6.07) is -1.67. The average molecular weight is 309 g/mol. The molecule has 7 heteroatoms. The van der Waals surface area contributed by atoms with Crippen molar-refractivity contribution in [3.8, 4) is 0 Å². The van der Waals surface area contributed by atoms with Crippen molar-refractivity contribution >= 4 is 12.1 Å². The first-order valence-corrected chi connectivity index (χ1v) is 6.94. The van der Waals surface area contributed by atoms with E-state index < -0.39 is 29.6 Å². The molecular formula is C14H25F2NO4. The van der Waals surface area contributed by atoms with Gasteiger partial charge in [-0.25, -0.2) is 9.59 Å². The number of ether oxygens (including phenoxy) is 2. The van der Waals surface area contributed by atoms with Crippen LogP contribution in [-0.4, -0.2) is 36.2 Å². The number of carbonyl (C=O) groups excluding carboxylic acids is 2. The summed E-state index contributed by atoms with van der Waals surface area (Å²) < 4.78 is 37.5. The molecule has 0 aromatic carbocycles. The van der Waals surface area contributed by atoms with Crippen LogP contribution in [0, 0.1) is 5.92 Å². The number of nitrogens with one attached hydrogen (secondary N) is 1. The van der Waals surface area contributed by atoms with Crippen molar-refractivity contribution in [1.29, 1.82) is 0 Å². The van der Waals surface area contributed by atoms with Gasteiger partial charge in [-0.15, -0.1) is 0 Å². The summed E-state index contributed by atoms with van der Waals surface area (Å²) in [7, 11) is 0. The van der Waals surface area contributed by atoms with Crippen LogP contribution in [-0.2, 0) is 14.3 Å². The van der Waals surface area contributed by atoms with E-state index in [1.807, 2.05) is 0 Å². The monoisotopic (exact) mass is 309 g/mol. The lowest BCUT2D eigenvalue weighted by molar-refractivity contribution is -0.176. The van der Waals surface area contributed by atoms with Crippen LogP contribution in [0.1, 0.15) is 48.0 Å². The third-order valence-electron chi connectivity index (χ3n) is 2.38. The predicted octanol–water partition coefficient (Wildman–Crippen LogP) is 3.12. The highest BCUT2D eigenvalue weighted by Crippen LogP contribution is 2.26. The van der Waals surface area contributed by atoms with E-state index in [1.54, 1.807) is 34.6 Å². The molecular weight excluding hydrogens is 284 g/mol. The molecule has 0 bridgehead atoms. The first-order chi connectivity index (χ1) is 9.40. The molecule has 0 saturated carbocycles. The molecule has 0 heterocycles. The molecule has 0 aromatic heterocycles. The molecule has 21 heavy (non-hydrogen) atoms. The summed E-state index contributed by atoms with van der Waals surface area (Å²) in [6.07, 6.45) is -1.07. The fraction of sp³-hybridized carbons (Fsp3) is 0.857. The van der Waals surface area contributed by atoms with Crippen LogP contribution in [0.4, 0.5) is 13.6 Å². The smallest absolute Gasteiger partial charge is 0.408 e. The van der Waals surface area contributed by atoms with Crippen molar-refractivity contribution in [1.82, 2.24) is 5.32 Å². The van der Waals surface area contributed by atoms with Gasteiger partial charge in [0.2, 0.25) is 0 Å². The molecule has 0 aliphatic carbocycles. The second kappa shape index (κ2) is 7.56. The Hall–Kier alpha value is -1.40. The summed E-state index contributed by atoms with van der Waals surface area (Å²) in [5, 5.41) is 2.07. The zero-order chi connectivity index (χ0) is 16.8. The average Bonchev–Trinajstić information content (AvgIpc) is 2.24. The van der Waals surface area contributed by atoms with Gasteiger partial charge < -0.3 is 14.8 Å². The van der Waals surface area contributed by atoms with Crippen LogP contribution in [0.3, 0.4) is 0 Å². The molecule has 0 radical (unpaired) electrons. The number of amides is 1. The number of hydrogen-bond donors (Lipinski definition) is 1. The van der Waals surface area contributed by atoms with E-state index >= 15 is 0 Å². The van der Waals surface area contributed by atoms with Gasteiger partial charge in [-0.2, -0.15) is 8.78 Å². The maximum atomic E-state index is 14.1. The molecule has 5 nitrogen and oxygen atoms in total. The SMILES string of the molecule is CCOC(=O)C(F)(F)C(CC(C)C)NC(=O)OC(C)(C)C. The van der Waals surface area contributed by atoms with Crippen LogP contribution < -0.4 is 5.32 Å². The van der Waals surface area contributed by atoms with E-state index in [0.29, 0.717) is 0 Å².